The van der Waals surface area contributed by atoms with Gasteiger partial charge in [-0.25, -0.2) is 0 Å². The molecule has 0 saturated carbocycles. The predicted octanol–water partition coefficient (Wildman–Crippen LogP) is 0.426. The Hall–Kier alpha value is -2.07. The molecule has 1 aliphatic rings. The van der Waals surface area contributed by atoms with E-state index in [0.717, 1.165) is 43.1 Å². The minimum Gasteiger partial charge on any atom is -0.368 e. The van der Waals surface area contributed by atoms with Crippen molar-refractivity contribution in [2.75, 3.05) is 56.5 Å². The molecule has 0 atom stereocenters. The zero-order valence-corrected chi connectivity index (χ0v) is 14.3. The van der Waals surface area contributed by atoms with Crippen molar-refractivity contribution in [2.24, 2.45) is 11.5 Å². The van der Waals surface area contributed by atoms with Gasteiger partial charge in [0.1, 0.15) is 0 Å². The molecule has 0 spiro atoms. The number of carbonyl (C=O) groups is 1. The quantitative estimate of drug-likeness (QED) is 0.682. The second-order valence-corrected chi connectivity index (χ2v) is 5.97. The van der Waals surface area contributed by atoms with Crippen molar-refractivity contribution in [3.63, 3.8) is 0 Å². The molecule has 1 amide bonds. The van der Waals surface area contributed by atoms with Crippen LogP contribution in [0.3, 0.4) is 0 Å². The Balaban J connectivity index is 2.17. The molecule has 1 heterocycles. The molecule has 1 saturated heterocycles. The number of hydrogen-bond acceptors (Lipinski definition) is 5. The Morgan fingerprint density at radius 1 is 1.25 bits per heavy atom. The van der Waals surface area contributed by atoms with Gasteiger partial charge in [-0.05, 0) is 38.2 Å². The van der Waals surface area contributed by atoms with Gasteiger partial charge in [-0.2, -0.15) is 0 Å². The number of nitrogens with zero attached hydrogens (tertiary/aromatic N) is 2. The van der Waals surface area contributed by atoms with Gasteiger partial charge in [0, 0.05) is 43.9 Å². The molecule has 130 valence electrons. The Labute approximate surface area is 144 Å². The number of likely N-dealkylation sites (N-methyl/N-ethyl adjacent to an activating group) is 1. The van der Waals surface area contributed by atoms with Gasteiger partial charge >= 0.3 is 0 Å². The van der Waals surface area contributed by atoms with Crippen LogP contribution in [0.15, 0.2) is 18.2 Å². The molecule has 5 N–H and O–H groups in total. The van der Waals surface area contributed by atoms with Crippen molar-refractivity contribution >= 4 is 17.3 Å². The summed E-state index contributed by atoms with van der Waals surface area (Å²) in [6.07, 6.45) is 1.12. The zero-order valence-electron chi connectivity index (χ0n) is 14.3. The van der Waals surface area contributed by atoms with Crippen LogP contribution in [-0.2, 0) is 4.79 Å². The number of carbonyl (C=O) groups excluding carboxylic acids is 1. The molecule has 1 aromatic carbocycles. The third-order valence-corrected chi connectivity index (χ3v) is 4.06. The van der Waals surface area contributed by atoms with Crippen LogP contribution in [0.25, 0.3) is 0 Å². The average molecular weight is 329 g/mol. The SMILES string of the molecule is CN1CCN(c2ccc(NC(=O)CCCN)cc2C#CCN)CC1. The molecule has 1 fully saturated rings. The van der Waals surface area contributed by atoms with Gasteiger partial charge in [-0.15, -0.1) is 0 Å². The largest absolute Gasteiger partial charge is 0.368 e. The summed E-state index contributed by atoms with van der Waals surface area (Å²) in [5.41, 5.74) is 13.7. The van der Waals surface area contributed by atoms with Gasteiger partial charge in [-0.1, -0.05) is 11.8 Å². The molecule has 0 radical (unpaired) electrons. The van der Waals surface area contributed by atoms with E-state index in [2.05, 4.69) is 34.0 Å². The number of piperazine rings is 1. The first-order valence-electron chi connectivity index (χ1n) is 8.40. The lowest BCUT2D eigenvalue weighted by Gasteiger charge is -2.34. The number of anilines is 2. The number of nitrogens with two attached hydrogens (primary N) is 2. The number of benzene rings is 1. The Kier molecular flexibility index (Phi) is 7.07. The summed E-state index contributed by atoms with van der Waals surface area (Å²) >= 11 is 0. The first-order valence-corrected chi connectivity index (χ1v) is 8.40. The summed E-state index contributed by atoms with van der Waals surface area (Å²) in [6.45, 7) is 4.83. The second kappa shape index (κ2) is 9.28. The molecule has 24 heavy (non-hydrogen) atoms. The maximum absolute atomic E-state index is 11.9. The van der Waals surface area contributed by atoms with Crippen LogP contribution in [0.5, 0.6) is 0 Å². The first-order chi connectivity index (χ1) is 11.6. The van der Waals surface area contributed by atoms with Gasteiger partial charge in [0.15, 0.2) is 0 Å². The zero-order chi connectivity index (χ0) is 17.4. The van der Waals surface area contributed by atoms with Crippen LogP contribution in [0.1, 0.15) is 18.4 Å². The fraction of sp³-hybridized carbons (Fsp3) is 0.500. The average Bonchev–Trinajstić information content (AvgIpc) is 2.59. The van der Waals surface area contributed by atoms with Crippen LogP contribution >= 0.6 is 0 Å². The molecular formula is C18H27N5O. The first kappa shape index (κ1) is 18.3. The number of rotatable bonds is 5. The van der Waals surface area contributed by atoms with E-state index in [1.165, 1.54) is 0 Å². The van der Waals surface area contributed by atoms with Crippen LogP contribution in [0, 0.1) is 11.8 Å². The Bertz CT molecular complexity index is 612. The molecule has 6 heteroatoms. The highest BCUT2D eigenvalue weighted by atomic mass is 16.1. The molecule has 0 bridgehead atoms. The maximum atomic E-state index is 11.9. The second-order valence-electron chi connectivity index (χ2n) is 5.97. The van der Waals surface area contributed by atoms with Gasteiger partial charge in [-0.3, -0.25) is 4.79 Å². The lowest BCUT2D eigenvalue weighted by Crippen LogP contribution is -2.44. The molecule has 6 nitrogen and oxygen atoms in total. The summed E-state index contributed by atoms with van der Waals surface area (Å²) in [4.78, 5) is 16.5. The number of amides is 1. The molecule has 0 unspecified atom stereocenters. The minimum atomic E-state index is -0.0227. The van der Waals surface area contributed by atoms with E-state index < -0.39 is 0 Å². The molecule has 0 aliphatic carbocycles. The summed E-state index contributed by atoms with van der Waals surface area (Å²) < 4.78 is 0. The molecule has 1 aromatic rings. The third kappa shape index (κ3) is 5.24. The number of hydrogen-bond donors (Lipinski definition) is 3. The third-order valence-electron chi connectivity index (χ3n) is 4.06. The van der Waals surface area contributed by atoms with E-state index >= 15 is 0 Å². The van der Waals surface area contributed by atoms with Crippen LogP contribution < -0.4 is 21.7 Å². The van der Waals surface area contributed by atoms with E-state index in [1.807, 2.05) is 18.2 Å². The monoisotopic (exact) mass is 329 g/mol. The van der Waals surface area contributed by atoms with Gasteiger partial charge in [0.25, 0.3) is 0 Å². The molecule has 0 aromatic heterocycles. The Morgan fingerprint density at radius 2 is 2.00 bits per heavy atom. The fourth-order valence-corrected chi connectivity index (χ4v) is 2.67. The standard InChI is InChI=1S/C18H27N5O/c1-22-10-12-23(13-11-22)17-7-6-16(14-15(17)4-2-8-19)21-18(24)5-3-9-20/h6-7,14H,3,5,8-13,19-20H2,1H3,(H,21,24). The van der Waals surface area contributed by atoms with E-state index in [0.29, 0.717) is 25.9 Å². The molecular weight excluding hydrogens is 302 g/mol. The normalized spacial score (nSPS) is 14.9. The maximum Gasteiger partial charge on any atom is 0.224 e. The van der Waals surface area contributed by atoms with Crippen molar-refractivity contribution in [1.82, 2.24) is 4.90 Å². The predicted molar refractivity (Wildman–Crippen MR) is 99.0 cm³/mol. The highest BCUT2D eigenvalue weighted by molar-refractivity contribution is 5.91. The highest BCUT2D eigenvalue weighted by Crippen LogP contribution is 2.25. The van der Waals surface area contributed by atoms with Crippen molar-refractivity contribution < 1.29 is 4.79 Å². The van der Waals surface area contributed by atoms with E-state index in [9.17, 15) is 4.79 Å². The summed E-state index contributed by atoms with van der Waals surface area (Å²) in [7, 11) is 2.13. The smallest absolute Gasteiger partial charge is 0.224 e. The Morgan fingerprint density at radius 3 is 2.67 bits per heavy atom. The van der Waals surface area contributed by atoms with Crippen molar-refractivity contribution in [3.8, 4) is 11.8 Å². The lowest BCUT2D eigenvalue weighted by atomic mass is 10.1. The van der Waals surface area contributed by atoms with Gasteiger partial charge in [0.2, 0.25) is 5.91 Å². The van der Waals surface area contributed by atoms with Gasteiger partial charge in [0.05, 0.1) is 12.2 Å². The van der Waals surface area contributed by atoms with Crippen LogP contribution in [-0.4, -0.2) is 57.1 Å². The van der Waals surface area contributed by atoms with Crippen molar-refractivity contribution in [1.29, 1.82) is 0 Å². The fourth-order valence-electron chi connectivity index (χ4n) is 2.67. The summed E-state index contributed by atoms with van der Waals surface area (Å²) in [6, 6.07) is 5.89. The topological polar surface area (TPSA) is 87.6 Å². The highest BCUT2D eigenvalue weighted by Gasteiger charge is 2.17. The van der Waals surface area contributed by atoms with Crippen LogP contribution in [0.2, 0.25) is 0 Å². The lowest BCUT2D eigenvalue weighted by molar-refractivity contribution is -0.116. The summed E-state index contributed by atoms with van der Waals surface area (Å²) in [5, 5.41) is 2.91. The number of nitrogens with one attached hydrogen (secondary N) is 1. The minimum absolute atomic E-state index is 0.0227. The van der Waals surface area contributed by atoms with Gasteiger partial charge < -0.3 is 26.6 Å². The van der Waals surface area contributed by atoms with E-state index in [-0.39, 0.29) is 5.91 Å². The van der Waals surface area contributed by atoms with Crippen molar-refractivity contribution in [2.45, 2.75) is 12.8 Å². The summed E-state index contributed by atoms with van der Waals surface area (Å²) in [5.74, 6) is 6.03. The molecule has 2 rings (SSSR count). The van der Waals surface area contributed by atoms with E-state index in [1.54, 1.807) is 0 Å². The van der Waals surface area contributed by atoms with Crippen LogP contribution in [0.4, 0.5) is 11.4 Å². The van der Waals surface area contributed by atoms with Crippen molar-refractivity contribution in [3.05, 3.63) is 23.8 Å². The van der Waals surface area contributed by atoms with E-state index in [4.69, 9.17) is 11.5 Å². The molecule has 1 aliphatic heterocycles.